The van der Waals surface area contributed by atoms with Crippen LogP contribution in [0.1, 0.15) is 20.7 Å². The molecule has 5 heteroatoms. The smallest absolute Gasteiger partial charge is 0.254 e. The second-order valence-electron chi connectivity index (χ2n) is 6.66. The number of benzene rings is 3. The lowest BCUT2D eigenvalue weighted by Crippen LogP contribution is -2.50. The molecule has 1 heterocycles. The summed E-state index contributed by atoms with van der Waals surface area (Å²) in [6.07, 6.45) is 0. The lowest BCUT2D eigenvalue weighted by Gasteiger charge is -2.35. The van der Waals surface area contributed by atoms with Crippen LogP contribution in [-0.4, -0.2) is 52.9 Å². The number of fused-ring (bicyclic) bond motifs is 1. The maximum Gasteiger partial charge on any atom is 0.254 e. The lowest BCUT2D eigenvalue weighted by molar-refractivity contribution is 0.0536. The molecule has 1 saturated heterocycles. The zero-order valence-electron chi connectivity index (χ0n) is 14.8. The molecule has 1 aliphatic heterocycles. The van der Waals surface area contributed by atoms with Gasteiger partial charge in [-0.2, -0.15) is 0 Å². The average Bonchev–Trinajstić information content (AvgIpc) is 2.72. The molecule has 0 bridgehead atoms. The van der Waals surface area contributed by atoms with Gasteiger partial charge in [0, 0.05) is 37.3 Å². The molecule has 3 aromatic rings. The second kappa shape index (κ2) is 7.11. The minimum atomic E-state index is -0.122. The second-order valence-corrected chi connectivity index (χ2v) is 6.66. The number of aromatic hydroxyl groups is 1. The number of phenols is 1. The van der Waals surface area contributed by atoms with E-state index in [9.17, 15) is 14.7 Å². The lowest BCUT2D eigenvalue weighted by atomic mass is 10.0. The predicted molar refractivity (Wildman–Crippen MR) is 104 cm³/mol. The van der Waals surface area contributed by atoms with Crippen molar-refractivity contribution in [3.63, 3.8) is 0 Å². The van der Waals surface area contributed by atoms with Gasteiger partial charge in [-0.3, -0.25) is 9.59 Å². The summed E-state index contributed by atoms with van der Waals surface area (Å²) in [4.78, 5) is 29.1. The van der Waals surface area contributed by atoms with Crippen LogP contribution < -0.4 is 0 Å². The van der Waals surface area contributed by atoms with Crippen LogP contribution in [0.4, 0.5) is 0 Å². The maximum atomic E-state index is 13.0. The minimum Gasteiger partial charge on any atom is -0.508 e. The maximum absolute atomic E-state index is 13.0. The Bertz CT molecular complexity index is 1000. The molecule has 4 rings (SSSR count). The molecule has 136 valence electrons. The third-order valence-electron chi connectivity index (χ3n) is 4.97. The first-order valence-electron chi connectivity index (χ1n) is 8.99. The Balaban J connectivity index is 1.47. The standard InChI is InChI=1S/C22H20N2O3/c25-18-8-3-7-17(15-18)21(26)23-11-13-24(14-12-23)22(27)20-10-4-6-16-5-1-2-9-19(16)20/h1-10,15,25H,11-14H2. The summed E-state index contributed by atoms with van der Waals surface area (Å²) in [5.74, 6) is -0.0509. The highest BCUT2D eigenvalue weighted by Crippen LogP contribution is 2.21. The Hall–Kier alpha value is -3.34. The van der Waals surface area contributed by atoms with E-state index in [0.29, 0.717) is 37.3 Å². The summed E-state index contributed by atoms with van der Waals surface area (Å²) in [6, 6.07) is 20.0. The van der Waals surface area contributed by atoms with Gasteiger partial charge in [0.2, 0.25) is 0 Å². The minimum absolute atomic E-state index is 0.00347. The number of nitrogens with zero attached hydrogens (tertiary/aromatic N) is 2. The van der Waals surface area contributed by atoms with Crippen LogP contribution in [0.25, 0.3) is 10.8 Å². The van der Waals surface area contributed by atoms with Crippen molar-refractivity contribution in [2.45, 2.75) is 0 Å². The number of amides is 2. The molecule has 0 saturated carbocycles. The average molecular weight is 360 g/mol. The van der Waals surface area contributed by atoms with Gasteiger partial charge in [0.25, 0.3) is 11.8 Å². The molecule has 0 aromatic heterocycles. The van der Waals surface area contributed by atoms with Crippen molar-refractivity contribution in [1.29, 1.82) is 0 Å². The molecule has 27 heavy (non-hydrogen) atoms. The highest BCUT2D eigenvalue weighted by atomic mass is 16.3. The largest absolute Gasteiger partial charge is 0.508 e. The summed E-state index contributed by atoms with van der Waals surface area (Å²) < 4.78 is 0. The number of rotatable bonds is 2. The van der Waals surface area contributed by atoms with Crippen molar-refractivity contribution in [2.24, 2.45) is 0 Å². The first-order valence-corrected chi connectivity index (χ1v) is 8.99. The first-order chi connectivity index (χ1) is 13.1. The van der Waals surface area contributed by atoms with Crippen LogP contribution in [0.3, 0.4) is 0 Å². The molecule has 3 aromatic carbocycles. The summed E-state index contributed by atoms with van der Waals surface area (Å²) in [5.41, 5.74) is 1.16. The zero-order valence-corrected chi connectivity index (χ0v) is 14.8. The van der Waals surface area contributed by atoms with Crippen molar-refractivity contribution >= 4 is 22.6 Å². The fourth-order valence-corrected chi connectivity index (χ4v) is 3.52. The fraction of sp³-hybridized carbons (Fsp3) is 0.182. The van der Waals surface area contributed by atoms with Gasteiger partial charge in [-0.25, -0.2) is 0 Å². The number of phenolic OH excluding ortho intramolecular Hbond substituents is 1. The Morgan fingerprint density at radius 3 is 2.11 bits per heavy atom. The van der Waals surface area contributed by atoms with Crippen LogP contribution in [0.2, 0.25) is 0 Å². The van der Waals surface area contributed by atoms with Crippen molar-refractivity contribution < 1.29 is 14.7 Å². The molecular weight excluding hydrogens is 340 g/mol. The van der Waals surface area contributed by atoms with E-state index in [1.807, 2.05) is 42.5 Å². The molecule has 1 aliphatic rings. The number of hydrogen-bond acceptors (Lipinski definition) is 3. The summed E-state index contributed by atoms with van der Waals surface area (Å²) in [7, 11) is 0. The Morgan fingerprint density at radius 2 is 1.37 bits per heavy atom. The van der Waals surface area contributed by atoms with Gasteiger partial charge >= 0.3 is 0 Å². The van der Waals surface area contributed by atoms with Crippen LogP contribution in [0, 0.1) is 0 Å². The molecular formula is C22H20N2O3. The number of piperazine rings is 1. The van der Waals surface area contributed by atoms with Crippen LogP contribution in [0.15, 0.2) is 66.7 Å². The summed E-state index contributed by atoms with van der Waals surface area (Å²) in [5, 5.41) is 11.6. The van der Waals surface area contributed by atoms with Crippen LogP contribution in [0.5, 0.6) is 5.75 Å². The Labute approximate surface area is 157 Å². The van der Waals surface area contributed by atoms with Gasteiger partial charge in [0.15, 0.2) is 0 Å². The molecule has 5 nitrogen and oxygen atoms in total. The topological polar surface area (TPSA) is 60.9 Å². The summed E-state index contributed by atoms with van der Waals surface area (Å²) >= 11 is 0. The van der Waals surface area contributed by atoms with E-state index >= 15 is 0 Å². The van der Waals surface area contributed by atoms with E-state index in [4.69, 9.17) is 0 Å². The monoisotopic (exact) mass is 360 g/mol. The van der Waals surface area contributed by atoms with Crippen LogP contribution >= 0.6 is 0 Å². The van der Waals surface area contributed by atoms with Gasteiger partial charge < -0.3 is 14.9 Å². The third kappa shape index (κ3) is 3.36. The first kappa shape index (κ1) is 17.1. The van der Waals surface area contributed by atoms with Crippen molar-refractivity contribution in [1.82, 2.24) is 9.80 Å². The molecule has 0 atom stereocenters. The fourth-order valence-electron chi connectivity index (χ4n) is 3.52. The summed E-state index contributed by atoms with van der Waals surface area (Å²) in [6.45, 7) is 1.94. The van der Waals surface area contributed by atoms with Gasteiger partial charge in [-0.15, -0.1) is 0 Å². The van der Waals surface area contributed by atoms with Crippen molar-refractivity contribution in [3.8, 4) is 5.75 Å². The van der Waals surface area contributed by atoms with E-state index in [1.165, 1.54) is 12.1 Å². The van der Waals surface area contributed by atoms with E-state index in [-0.39, 0.29) is 17.6 Å². The molecule has 1 N–H and O–H groups in total. The Morgan fingerprint density at radius 1 is 0.741 bits per heavy atom. The van der Waals surface area contributed by atoms with Crippen molar-refractivity contribution in [3.05, 3.63) is 77.9 Å². The van der Waals surface area contributed by atoms with Gasteiger partial charge in [-0.05, 0) is 35.0 Å². The van der Waals surface area contributed by atoms with Gasteiger partial charge in [0.05, 0.1) is 0 Å². The highest BCUT2D eigenvalue weighted by molar-refractivity contribution is 6.07. The quantitative estimate of drug-likeness (QED) is 0.764. The SMILES string of the molecule is O=C(c1cccc(O)c1)N1CCN(C(=O)c2cccc3ccccc23)CC1. The number of hydrogen-bond donors (Lipinski definition) is 1. The molecule has 0 unspecified atom stereocenters. The van der Waals surface area contributed by atoms with E-state index in [1.54, 1.807) is 21.9 Å². The molecule has 2 amide bonds. The number of carbonyl (C=O) groups is 2. The normalized spacial score (nSPS) is 14.4. The van der Waals surface area contributed by atoms with Crippen molar-refractivity contribution in [2.75, 3.05) is 26.2 Å². The molecule has 1 fully saturated rings. The number of carbonyl (C=O) groups excluding carboxylic acids is 2. The van der Waals surface area contributed by atoms with E-state index < -0.39 is 0 Å². The highest BCUT2D eigenvalue weighted by Gasteiger charge is 2.26. The van der Waals surface area contributed by atoms with Crippen LogP contribution in [-0.2, 0) is 0 Å². The van der Waals surface area contributed by atoms with E-state index in [2.05, 4.69) is 0 Å². The molecule has 0 aliphatic carbocycles. The Kier molecular flexibility index (Phi) is 4.50. The van der Waals surface area contributed by atoms with E-state index in [0.717, 1.165) is 10.8 Å². The van der Waals surface area contributed by atoms with Gasteiger partial charge in [0.1, 0.15) is 5.75 Å². The molecule has 0 radical (unpaired) electrons. The van der Waals surface area contributed by atoms with Gasteiger partial charge in [-0.1, -0.05) is 42.5 Å². The molecule has 0 spiro atoms. The predicted octanol–water partition coefficient (Wildman–Crippen LogP) is 3.14. The zero-order chi connectivity index (χ0) is 18.8. The third-order valence-corrected chi connectivity index (χ3v) is 4.97.